The summed E-state index contributed by atoms with van der Waals surface area (Å²) in [5.41, 5.74) is 0.327. The third kappa shape index (κ3) is 6.30. The second-order valence-electron chi connectivity index (χ2n) is 14.9. The van der Waals surface area contributed by atoms with Gasteiger partial charge >= 0.3 is 0 Å². The highest BCUT2D eigenvalue weighted by molar-refractivity contribution is 6.58. The Balaban J connectivity index is 1.18. The molecule has 4 aromatic rings. The average Bonchev–Trinajstić information content (AvgIpc) is 3.61. The van der Waals surface area contributed by atoms with Gasteiger partial charge in [0.05, 0.1) is 38.3 Å². The Morgan fingerprint density at radius 1 is 0.754 bits per heavy atom. The van der Waals surface area contributed by atoms with Crippen LogP contribution in [0.3, 0.4) is 0 Å². The maximum atomic E-state index is 15.4. The molecule has 17 heteroatoms. The third-order valence-electron chi connectivity index (χ3n) is 11.8. The highest BCUT2D eigenvalue weighted by atomic mass is 35.5. The molecule has 6 atom stereocenters. The lowest BCUT2D eigenvalue weighted by molar-refractivity contribution is -0.125. The molecule has 4 aromatic carbocycles. The summed E-state index contributed by atoms with van der Waals surface area (Å²) in [6, 6.07) is 17.7. The number of rotatable bonds is 10. The molecule has 10 nitrogen and oxygen atoms in total. The molecule has 0 spiro atoms. The Kier molecular flexibility index (Phi) is 10.7. The normalized spacial score (nSPS) is 25.8. The number of carbonyl (C=O) groups excluding carboxylic acids is 4. The number of anilines is 2. The minimum Gasteiger partial charge on any atom is -0.497 e. The minimum atomic E-state index is -2.67. The average molecular weight is 884 g/mol. The van der Waals surface area contributed by atoms with Crippen LogP contribution < -0.4 is 24.0 Å². The number of hydrogen-bond donors (Lipinski definition) is 1. The molecule has 0 aromatic heterocycles. The lowest BCUT2D eigenvalue weighted by Gasteiger charge is -2.50. The number of benzene rings is 4. The van der Waals surface area contributed by atoms with Crippen LogP contribution in [0.15, 0.2) is 78.4 Å². The lowest BCUT2D eigenvalue weighted by atomic mass is 9.56. The van der Waals surface area contributed by atoms with Crippen molar-refractivity contribution in [2.45, 2.75) is 28.5 Å². The van der Waals surface area contributed by atoms with E-state index in [0.29, 0.717) is 22.6 Å². The number of hydrogen-bond acceptors (Lipinski definition) is 8. The van der Waals surface area contributed by atoms with E-state index in [2.05, 4.69) is 0 Å². The highest BCUT2D eigenvalue weighted by Gasteiger charge is 2.77. The Morgan fingerprint density at radius 2 is 1.39 bits per heavy atom. The summed E-state index contributed by atoms with van der Waals surface area (Å²) in [7, 11) is 3.08. The van der Waals surface area contributed by atoms with Crippen molar-refractivity contribution in [3.05, 3.63) is 124 Å². The van der Waals surface area contributed by atoms with Crippen LogP contribution in [-0.2, 0) is 19.2 Å². The number of amides is 4. The zero-order chi connectivity index (χ0) is 43.7. The van der Waals surface area contributed by atoms with E-state index < -0.39 is 98.2 Å². The predicted molar refractivity (Wildman–Crippen MR) is 213 cm³/mol. The van der Waals surface area contributed by atoms with Gasteiger partial charge in [-0.15, -0.1) is 23.2 Å². The maximum absolute atomic E-state index is 15.4. The molecule has 3 fully saturated rings. The Morgan fingerprint density at radius 3 is 2.02 bits per heavy atom. The summed E-state index contributed by atoms with van der Waals surface area (Å²) in [6.07, 6.45) is 4.55. The molecule has 61 heavy (non-hydrogen) atoms. The number of aliphatic hydroxyl groups excluding tert-OH is 1. The summed E-state index contributed by atoms with van der Waals surface area (Å²) in [5.74, 6) is -19.9. The molecule has 6 unspecified atom stereocenters. The minimum absolute atomic E-state index is 0.0271. The number of alkyl halides is 2. The van der Waals surface area contributed by atoms with Crippen molar-refractivity contribution < 1.29 is 60.4 Å². The van der Waals surface area contributed by atoms with Crippen LogP contribution in [0.25, 0.3) is 12.2 Å². The molecule has 4 aliphatic rings. The number of ether oxygens (including phenoxy) is 3. The van der Waals surface area contributed by atoms with E-state index in [-0.39, 0.29) is 41.5 Å². The fourth-order valence-electron chi connectivity index (χ4n) is 9.01. The molecule has 0 bridgehead atoms. The second-order valence-corrected chi connectivity index (χ2v) is 16.1. The first kappa shape index (κ1) is 41.9. The zero-order valence-electron chi connectivity index (χ0n) is 32.1. The van der Waals surface area contributed by atoms with Gasteiger partial charge in [-0.25, -0.2) is 26.9 Å². The summed E-state index contributed by atoms with van der Waals surface area (Å²) < 4.78 is 90.3. The van der Waals surface area contributed by atoms with Crippen molar-refractivity contribution in [3.63, 3.8) is 0 Å². The Bertz CT molecular complexity index is 2540. The van der Waals surface area contributed by atoms with Gasteiger partial charge in [-0.1, -0.05) is 48.1 Å². The van der Waals surface area contributed by atoms with E-state index in [1.54, 1.807) is 67.8 Å². The van der Waals surface area contributed by atoms with Crippen molar-refractivity contribution in [3.8, 4) is 17.2 Å². The van der Waals surface area contributed by atoms with Crippen LogP contribution in [-0.4, -0.2) is 65.9 Å². The third-order valence-corrected chi connectivity index (χ3v) is 13.3. The van der Waals surface area contributed by atoms with Crippen LogP contribution in [0.4, 0.5) is 33.3 Å². The largest absolute Gasteiger partial charge is 0.497 e. The summed E-state index contributed by atoms with van der Waals surface area (Å²) in [4.78, 5) is 53.2. The van der Waals surface area contributed by atoms with Gasteiger partial charge in [-0.2, -0.15) is 0 Å². The van der Waals surface area contributed by atoms with Gasteiger partial charge in [-0.05, 0) is 72.4 Å². The topological polar surface area (TPSA) is 123 Å². The smallest absolute Gasteiger partial charge is 0.258 e. The number of halogens is 7. The Labute approximate surface area is 354 Å². The van der Waals surface area contributed by atoms with Gasteiger partial charge < -0.3 is 19.3 Å². The van der Waals surface area contributed by atoms with Gasteiger partial charge in [-0.3, -0.25) is 24.1 Å². The number of fused-ring (bicyclic) bond motifs is 4. The van der Waals surface area contributed by atoms with Gasteiger partial charge in [0.25, 0.3) is 11.8 Å². The number of aliphatic hydroxyl groups is 1. The number of methoxy groups -OCH3 is 2. The first-order chi connectivity index (χ1) is 29.1. The molecule has 0 radical (unpaired) electrons. The van der Waals surface area contributed by atoms with Crippen LogP contribution >= 0.6 is 23.2 Å². The van der Waals surface area contributed by atoms with E-state index in [1.807, 2.05) is 0 Å². The highest BCUT2D eigenvalue weighted by Crippen LogP contribution is 2.66. The molecule has 1 N–H and O–H groups in total. The van der Waals surface area contributed by atoms with E-state index in [9.17, 15) is 37.5 Å². The van der Waals surface area contributed by atoms with Crippen LogP contribution in [0.2, 0.25) is 0 Å². The van der Waals surface area contributed by atoms with Crippen LogP contribution in [0, 0.1) is 46.8 Å². The fraction of sp³-hybridized carbons (Fsp3) is 0.273. The summed E-state index contributed by atoms with van der Waals surface area (Å²) in [6.45, 7) is -0.381. The van der Waals surface area contributed by atoms with E-state index >= 15 is 8.78 Å². The number of nitrogens with zero attached hydrogens (tertiary/aromatic N) is 2. The van der Waals surface area contributed by atoms with Crippen molar-refractivity contribution in [2.24, 2.45) is 17.8 Å². The summed E-state index contributed by atoms with van der Waals surface area (Å²) in [5, 5.41) is 9.23. The lowest BCUT2D eigenvalue weighted by Crippen LogP contribution is -2.60. The number of allylic oxidation sites excluding steroid dienone is 2. The van der Waals surface area contributed by atoms with Gasteiger partial charge in [0.15, 0.2) is 33.0 Å². The molecular formula is C44H33Cl2F5N2O8. The van der Waals surface area contributed by atoms with Gasteiger partial charge in [0.2, 0.25) is 17.6 Å². The van der Waals surface area contributed by atoms with Gasteiger partial charge in [0, 0.05) is 11.5 Å². The Hall–Kier alpha value is -5.77. The van der Waals surface area contributed by atoms with Crippen molar-refractivity contribution in [1.29, 1.82) is 0 Å². The molecule has 4 amide bonds. The quantitative estimate of drug-likeness (QED) is 0.0327. The molecule has 8 rings (SSSR count). The van der Waals surface area contributed by atoms with Gasteiger partial charge in [0.1, 0.15) is 29.5 Å². The molecular weight excluding hydrogens is 850 g/mol. The molecule has 2 aliphatic heterocycles. The summed E-state index contributed by atoms with van der Waals surface area (Å²) >= 11 is 14.4. The van der Waals surface area contributed by atoms with E-state index in [1.165, 1.54) is 31.4 Å². The SMILES string of the molecule is COc1ccc(OC)c(C=Cc2ccc(N3C(=O)C4CC=C5C(CC6(Cl)C(=O)N(c7c(F)c(F)c(F)c(F)c7F)C(=O)C6(Cl)C5c5ccc(OCCO)cc5)C4C3=O)cc2)c1. The molecule has 1 saturated carbocycles. The molecule has 316 valence electrons. The van der Waals surface area contributed by atoms with E-state index in [0.717, 1.165) is 10.5 Å². The van der Waals surface area contributed by atoms with Crippen molar-refractivity contribution in [2.75, 3.05) is 37.2 Å². The number of carbonyl (C=O) groups is 4. The number of imide groups is 2. The first-order valence-corrected chi connectivity index (χ1v) is 19.6. The standard InChI is InChI=1S/C44H33Cl2F5N2O8/c1-59-26-13-16-30(60-2)23(19-26)6-3-21-4-9-24(10-5-21)52-39(55)28-15-14-27-29(31(28)40(52)56)20-43(45)41(57)53(38-36(50)34(48)33(47)35(49)37(38)51)42(58)44(43,46)32(27)22-7-11-25(12-8-22)61-18-17-54/h3-14,16,19,28-29,31-32,54H,15,17-18,20H2,1-2H3. The monoisotopic (exact) mass is 882 g/mol. The molecule has 2 heterocycles. The first-order valence-electron chi connectivity index (χ1n) is 18.8. The fourth-order valence-corrected chi connectivity index (χ4v) is 9.94. The predicted octanol–water partition coefficient (Wildman–Crippen LogP) is 7.71. The molecule has 2 aliphatic carbocycles. The van der Waals surface area contributed by atoms with Crippen LogP contribution in [0.5, 0.6) is 17.2 Å². The van der Waals surface area contributed by atoms with E-state index in [4.69, 9.17) is 37.4 Å². The zero-order valence-corrected chi connectivity index (χ0v) is 33.6. The van der Waals surface area contributed by atoms with Crippen molar-refractivity contribution >= 4 is 70.4 Å². The molecule has 2 saturated heterocycles. The maximum Gasteiger partial charge on any atom is 0.258 e. The second kappa shape index (κ2) is 15.6. The van der Waals surface area contributed by atoms with Crippen LogP contribution in [0.1, 0.15) is 35.4 Å². The van der Waals surface area contributed by atoms with Crippen molar-refractivity contribution in [1.82, 2.24) is 0 Å².